The van der Waals surface area contributed by atoms with Crippen molar-refractivity contribution in [2.75, 3.05) is 13.1 Å². The van der Waals surface area contributed by atoms with Gasteiger partial charge in [-0.05, 0) is 30.5 Å². The van der Waals surface area contributed by atoms with Crippen LogP contribution in [0.2, 0.25) is 0 Å². The summed E-state index contributed by atoms with van der Waals surface area (Å²) in [6, 6.07) is 6.31. The van der Waals surface area contributed by atoms with Crippen molar-refractivity contribution in [1.29, 1.82) is 0 Å². The van der Waals surface area contributed by atoms with Crippen LogP contribution in [0.4, 0.5) is 13.2 Å². The molecule has 2 rings (SSSR count). The number of hydrogen-bond donors (Lipinski definition) is 1. The Balaban J connectivity index is 2.03. The molecule has 1 aromatic rings. The predicted molar refractivity (Wildman–Crippen MR) is 70.3 cm³/mol. The molecule has 1 aliphatic rings. The zero-order chi connectivity index (χ0) is 14.9. The molecule has 0 radical (unpaired) electrons. The van der Waals surface area contributed by atoms with Gasteiger partial charge in [-0.2, -0.15) is 0 Å². The third-order valence-corrected chi connectivity index (χ3v) is 3.84. The van der Waals surface area contributed by atoms with Gasteiger partial charge in [0.1, 0.15) is 5.75 Å². The molecule has 3 atom stereocenters. The van der Waals surface area contributed by atoms with Gasteiger partial charge in [0.2, 0.25) is 0 Å². The lowest BCUT2D eigenvalue weighted by Gasteiger charge is -2.24. The quantitative estimate of drug-likeness (QED) is 0.929. The van der Waals surface area contributed by atoms with E-state index in [0.29, 0.717) is 5.92 Å². The second kappa shape index (κ2) is 5.61. The molecule has 0 saturated carbocycles. The Kier molecular flexibility index (Phi) is 4.25. The lowest BCUT2D eigenvalue weighted by molar-refractivity contribution is -0.274. The average Bonchev–Trinajstić information content (AvgIpc) is 2.68. The molecular weight excluding hydrogens is 269 g/mol. The summed E-state index contributed by atoms with van der Waals surface area (Å²) in [7, 11) is 0. The highest BCUT2D eigenvalue weighted by Gasteiger charge is 2.32. The van der Waals surface area contributed by atoms with Gasteiger partial charge in [-0.1, -0.05) is 19.1 Å². The van der Waals surface area contributed by atoms with E-state index in [9.17, 15) is 13.2 Å². The lowest BCUT2D eigenvalue weighted by atomic mass is 10.1. The summed E-state index contributed by atoms with van der Waals surface area (Å²) in [6.45, 7) is 5.86. The second-order valence-electron chi connectivity index (χ2n) is 5.39. The van der Waals surface area contributed by atoms with Gasteiger partial charge in [-0.25, -0.2) is 0 Å². The van der Waals surface area contributed by atoms with Crippen molar-refractivity contribution in [3.8, 4) is 5.75 Å². The Labute approximate surface area is 116 Å². The zero-order valence-electron chi connectivity index (χ0n) is 11.5. The van der Waals surface area contributed by atoms with Gasteiger partial charge in [0.25, 0.3) is 0 Å². The molecule has 0 aromatic heterocycles. The van der Waals surface area contributed by atoms with Gasteiger partial charge in [-0.15, -0.1) is 13.2 Å². The summed E-state index contributed by atoms with van der Waals surface area (Å²) in [5.41, 5.74) is 6.95. The average molecular weight is 288 g/mol. The molecule has 3 unspecified atom stereocenters. The minimum Gasteiger partial charge on any atom is -0.406 e. The minimum absolute atomic E-state index is 0.130. The molecule has 1 fully saturated rings. The highest BCUT2D eigenvalue weighted by atomic mass is 19.4. The van der Waals surface area contributed by atoms with Crippen molar-refractivity contribution >= 4 is 0 Å². The fraction of sp³-hybridized carbons (Fsp3) is 0.571. The first-order valence-corrected chi connectivity index (χ1v) is 6.61. The molecule has 2 N–H and O–H groups in total. The van der Waals surface area contributed by atoms with E-state index < -0.39 is 6.36 Å². The molecule has 6 heteroatoms. The fourth-order valence-electron chi connectivity index (χ4n) is 2.51. The summed E-state index contributed by atoms with van der Waals surface area (Å²) in [4.78, 5) is 2.24. The maximum absolute atomic E-state index is 12.1. The second-order valence-corrected chi connectivity index (χ2v) is 5.39. The molecule has 112 valence electrons. The molecular formula is C14H19F3N2O. The molecule has 1 aromatic carbocycles. The van der Waals surface area contributed by atoms with Gasteiger partial charge in [0.15, 0.2) is 0 Å². The molecule has 1 saturated heterocycles. The van der Waals surface area contributed by atoms with Crippen molar-refractivity contribution in [3.05, 3.63) is 29.8 Å². The summed E-state index contributed by atoms with van der Waals surface area (Å²) < 4.78 is 40.1. The minimum atomic E-state index is -4.65. The predicted octanol–water partition coefficient (Wildman–Crippen LogP) is 2.93. The Morgan fingerprint density at radius 3 is 2.30 bits per heavy atom. The first kappa shape index (κ1) is 15.1. The molecule has 0 amide bonds. The number of likely N-dealkylation sites (tertiary alicyclic amines) is 1. The summed E-state index contributed by atoms with van der Waals surface area (Å²) in [5.74, 6) is 0.241. The number of alkyl halides is 3. The number of nitrogens with two attached hydrogens (primary N) is 1. The Morgan fingerprint density at radius 2 is 1.85 bits per heavy atom. The van der Waals surface area contributed by atoms with Crippen molar-refractivity contribution in [2.45, 2.75) is 32.3 Å². The number of halogens is 3. The first-order valence-electron chi connectivity index (χ1n) is 6.61. The summed E-state index contributed by atoms with van der Waals surface area (Å²) in [6.07, 6.45) is -4.65. The number of benzene rings is 1. The van der Waals surface area contributed by atoms with E-state index in [1.165, 1.54) is 12.1 Å². The lowest BCUT2D eigenvalue weighted by Crippen LogP contribution is -2.29. The van der Waals surface area contributed by atoms with Crippen LogP contribution in [0.15, 0.2) is 24.3 Å². The third-order valence-electron chi connectivity index (χ3n) is 3.84. The zero-order valence-corrected chi connectivity index (χ0v) is 11.5. The number of nitrogens with zero attached hydrogens (tertiary/aromatic N) is 1. The Hall–Kier alpha value is -1.27. The monoisotopic (exact) mass is 288 g/mol. The Morgan fingerprint density at radius 1 is 1.25 bits per heavy atom. The molecule has 20 heavy (non-hydrogen) atoms. The first-order chi connectivity index (χ1) is 9.26. The normalized spacial score (nSPS) is 25.7. The largest absolute Gasteiger partial charge is 0.573 e. The van der Waals surface area contributed by atoms with E-state index in [0.717, 1.165) is 18.7 Å². The highest BCUT2D eigenvalue weighted by molar-refractivity contribution is 5.29. The molecule has 3 nitrogen and oxygen atoms in total. The van der Waals surface area contributed by atoms with Crippen LogP contribution in [-0.4, -0.2) is 30.4 Å². The van der Waals surface area contributed by atoms with Crippen LogP contribution >= 0.6 is 0 Å². The van der Waals surface area contributed by atoms with Gasteiger partial charge >= 0.3 is 6.36 Å². The van der Waals surface area contributed by atoms with Crippen molar-refractivity contribution < 1.29 is 17.9 Å². The molecule has 1 aliphatic heterocycles. The topological polar surface area (TPSA) is 38.5 Å². The van der Waals surface area contributed by atoms with E-state index in [-0.39, 0.29) is 17.8 Å². The maximum atomic E-state index is 12.1. The Bertz CT molecular complexity index is 437. The van der Waals surface area contributed by atoms with Crippen LogP contribution in [-0.2, 0) is 0 Å². The fourth-order valence-corrected chi connectivity index (χ4v) is 2.51. The van der Waals surface area contributed by atoms with Gasteiger partial charge in [0, 0.05) is 25.2 Å². The van der Waals surface area contributed by atoms with Gasteiger partial charge < -0.3 is 10.5 Å². The van der Waals surface area contributed by atoms with Crippen LogP contribution in [0.3, 0.4) is 0 Å². The van der Waals surface area contributed by atoms with Crippen molar-refractivity contribution in [1.82, 2.24) is 4.90 Å². The number of hydrogen-bond acceptors (Lipinski definition) is 3. The number of rotatable bonds is 3. The maximum Gasteiger partial charge on any atom is 0.573 e. The molecule has 0 aliphatic carbocycles. The van der Waals surface area contributed by atoms with Gasteiger partial charge in [-0.3, -0.25) is 4.90 Å². The van der Waals surface area contributed by atoms with E-state index in [1.807, 2.05) is 6.92 Å². The molecule has 1 heterocycles. The van der Waals surface area contributed by atoms with E-state index in [2.05, 4.69) is 16.6 Å². The van der Waals surface area contributed by atoms with Crippen molar-refractivity contribution in [3.63, 3.8) is 0 Å². The third kappa shape index (κ3) is 3.64. The van der Waals surface area contributed by atoms with Crippen LogP contribution in [0.25, 0.3) is 0 Å². The summed E-state index contributed by atoms with van der Waals surface area (Å²) in [5, 5.41) is 0. The standard InChI is InChI=1S/C14H19F3N2O/c1-9-7-19(8-13(9)18)10(2)11-3-5-12(6-4-11)20-14(15,16)17/h3-6,9-10,13H,7-8,18H2,1-2H3. The molecule has 0 spiro atoms. The van der Waals surface area contributed by atoms with Crippen molar-refractivity contribution in [2.24, 2.45) is 11.7 Å². The van der Waals surface area contributed by atoms with E-state index in [4.69, 9.17) is 5.73 Å². The summed E-state index contributed by atoms with van der Waals surface area (Å²) >= 11 is 0. The van der Waals surface area contributed by atoms with E-state index >= 15 is 0 Å². The number of ether oxygens (including phenoxy) is 1. The molecule has 0 bridgehead atoms. The highest BCUT2D eigenvalue weighted by Crippen LogP contribution is 2.29. The van der Waals surface area contributed by atoms with Crippen LogP contribution in [0.5, 0.6) is 5.75 Å². The SMILES string of the molecule is CC1CN(C(C)c2ccc(OC(F)(F)F)cc2)CC1N. The van der Waals surface area contributed by atoms with Crippen LogP contribution in [0, 0.1) is 5.92 Å². The van der Waals surface area contributed by atoms with Crippen LogP contribution < -0.4 is 10.5 Å². The van der Waals surface area contributed by atoms with Crippen LogP contribution in [0.1, 0.15) is 25.5 Å². The van der Waals surface area contributed by atoms with E-state index in [1.54, 1.807) is 12.1 Å². The van der Waals surface area contributed by atoms with Gasteiger partial charge in [0.05, 0.1) is 0 Å². The smallest absolute Gasteiger partial charge is 0.406 e.